The third-order valence-corrected chi connectivity index (χ3v) is 9.02. The minimum absolute atomic E-state index is 0.000733. The molecular weight excluding hydrogens is 416 g/mol. The van der Waals surface area contributed by atoms with Crippen LogP contribution >= 0.6 is 0 Å². The number of Topliss-reactive ketones (excluding diaryl/α,β-unsaturated/α-hetero) is 1. The largest absolute Gasteiger partial charge is 0.469 e. The van der Waals surface area contributed by atoms with Gasteiger partial charge in [-0.05, 0) is 38.7 Å². The summed E-state index contributed by atoms with van der Waals surface area (Å²) >= 11 is 0. The Morgan fingerprint density at radius 3 is 2.41 bits per heavy atom. The zero-order valence-corrected chi connectivity index (χ0v) is 19.3. The van der Waals surface area contributed by atoms with Gasteiger partial charge < -0.3 is 23.7 Å². The first-order valence-corrected chi connectivity index (χ1v) is 11.2. The number of ether oxygens (including phenoxy) is 3. The van der Waals surface area contributed by atoms with Gasteiger partial charge in [0.25, 0.3) is 0 Å². The minimum atomic E-state index is -1.48. The van der Waals surface area contributed by atoms with E-state index in [1.807, 2.05) is 20.8 Å². The van der Waals surface area contributed by atoms with E-state index in [1.165, 1.54) is 20.1 Å². The van der Waals surface area contributed by atoms with Crippen molar-refractivity contribution in [3.8, 4) is 0 Å². The molecule has 0 bridgehead atoms. The predicted octanol–water partition coefficient (Wildman–Crippen LogP) is 2.30. The van der Waals surface area contributed by atoms with Crippen LogP contribution in [0.3, 0.4) is 0 Å². The first-order chi connectivity index (χ1) is 14.8. The molecule has 1 aromatic heterocycles. The summed E-state index contributed by atoms with van der Waals surface area (Å²) in [5, 5.41) is 11.8. The predicted molar refractivity (Wildman–Crippen MR) is 109 cm³/mol. The molecule has 0 radical (unpaired) electrons. The van der Waals surface area contributed by atoms with Crippen LogP contribution in [-0.2, 0) is 40.6 Å². The van der Waals surface area contributed by atoms with Crippen LogP contribution in [0.5, 0.6) is 0 Å². The fourth-order valence-electron chi connectivity index (χ4n) is 7.44. The third-order valence-electron chi connectivity index (χ3n) is 9.02. The molecule has 1 aliphatic heterocycles. The molecular formula is C24H30O8. The molecule has 1 aromatic rings. The van der Waals surface area contributed by atoms with Crippen molar-refractivity contribution >= 4 is 17.7 Å². The summed E-state index contributed by atoms with van der Waals surface area (Å²) in [6.45, 7) is 9.95. The molecule has 3 fully saturated rings. The van der Waals surface area contributed by atoms with Crippen LogP contribution in [0.2, 0.25) is 0 Å². The van der Waals surface area contributed by atoms with Gasteiger partial charge in [-0.25, -0.2) is 0 Å². The van der Waals surface area contributed by atoms with E-state index in [9.17, 15) is 19.5 Å². The Labute approximate surface area is 186 Å². The van der Waals surface area contributed by atoms with E-state index < -0.39 is 58.2 Å². The summed E-state index contributed by atoms with van der Waals surface area (Å²) in [7, 11) is 0. The topological polar surface area (TPSA) is 116 Å². The van der Waals surface area contributed by atoms with Gasteiger partial charge in [-0.2, -0.15) is 0 Å². The molecule has 9 atom stereocenters. The summed E-state index contributed by atoms with van der Waals surface area (Å²) in [6, 6.07) is 1.70. The summed E-state index contributed by atoms with van der Waals surface area (Å²) < 4.78 is 23.8. The number of esters is 2. The highest BCUT2D eigenvalue weighted by Crippen LogP contribution is 2.75. The summed E-state index contributed by atoms with van der Waals surface area (Å²) in [5.74, 6) is -1.79. The Morgan fingerprint density at radius 2 is 1.78 bits per heavy atom. The molecule has 8 heteroatoms. The van der Waals surface area contributed by atoms with E-state index in [0.29, 0.717) is 24.2 Å². The van der Waals surface area contributed by atoms with Gasteiger partial charge in [0.1, 0.15) is 23.2 Å². The van der Waals surface area contributed by atoms with Gasteiger partial charge >= 0.3 is 11.9 Å². The number of ketones is 1. The Balaban J connectivity index is 1.78. The zero-order chi connectivity index (χ0) is 23.4. The van der Waals surface area contributed by atoms with E-state index in [2.05, 4.69) is 0 Å². The molecule has 0 unspecified atom stereocenters. The molecule has 3 aliphatic carbocycles. The van der Waals surface area contributed by atoms with Crippen LogP contribution in [0.25, 0.3) is 0 Å². The molecule has 1 N–H and O–H groups in total. The number of hydrogen-bond acceptors (Lipinski definition) is 8. The normalized spacial score (nSPS) is 48.6. The van der Waals surface area contributed by atoms with Crippen molar-refractivity contribution in [2.24, 2.45) is 23.2 Å². The van der Waals surface area contributed by atoms with Crippen LogP contribution in [0.15, 0.2) is 16.7 Å². The minimum Gasteiger partial charge on any atom is -0.469 e. The molecule has 0 aromatic carbocycles. The number of epoxide rings is 1. The summed E-state index contributed by atoms with van der Waals surface area (Å²) in [6.07, 6.45) is 0.183. The molecule has 32 heavy (non-hydrogen) atoms. The number of rotatable bonds is 2. The van der Waals surface area contributed by atoms with E-state index in [1.54, 1.807) is 13.0 Å². The maximum Gasteiger partial charge on any atom is 0.303 e. The second-order valence-corrected chi connectivity index (χ2v) is 10.5. The van der Waals surface area contributed by atoms with Crippen molar-refractivity contribution in [1.29, 1.82) is 0 Å². The van der Waals surface area contributed by atoms with Crippen LogP contribution in [0.1, 0.15) is 59.3 Å². The molecule has 8 nitrogen and oxygen atoms in total. The number of furan rings is 1. The van der Waals surface area contributed by atoms with Crippen LogP contribution in [0.4, 0.5) is 0 Å². The second kappa shape index (κ2) is 6.23. The number of fused-ring (bicyclic) bond motifs is 3. The van der Waals surface area contributed by atoms with E-state index in [0.717, 1.165) is 0 Å². The number of hydrogen-bond donors (Lipinski definition) is 1. The SMILES string of the molecule is CC(=O)O[C@@H]1[C@@H]2[C@H](Cc3occc3[C@@]2(C)O)[C@@]2(C)C(=O)C[C@H](C)[C@@]3(C)O[C@]32[C@H]1OC(C)=O. The first kappa shape index (κ1) is 21.6. The molecule has 4 aliphatic rings. The number of carbonyl (C=O) groups is 3. The van der Waals surface area contributed by atoms with E-state index in [4.69, 9.17) is 18.6 Å². The monoisotopic (exact) mass is 446 g/mol. The third kappa shape index (κ3) is 2.27. The smallest absolute Gasteiger partial charge is 0.303 e. The molecule has 2 saturated carbocycles. The molecule has 5 rings (SSSR count). The van der Waals surface area contributed by atoms with Gasteiger partial charge in [-0.3, -0.25) is 14.4 Å². The van der Waals surface area contributed by atoms with E-state index >= 15 is 0 Å². The van der Waals surface area contributed by atoms with Gasteiger partial charge in [0.05, 0.1) is 17.3 Å². The average molecular weight is 446 g/mol. The van der Waals surface area contributed by atoms with Crippen molar-refractivity contribution in [2.75, 3.05) is 0 Å². The lowest BCUT2D eigenvalue weighted by Crippen LogP contribution is -2.74. The lowest BCUT2D eigenvalue weighted by atomic mass is 9.42. The quantitative estimate of drug-likeness (QED) is 0.544. The van der Waals surface area contributed by atoms with Gasteiger partial charge in [-0.15, -0.1) is 0 Å². The highest BCUT2D eigenvalue weighted by Gasteiger charge is 2.90. The molecule has 174 valence electrons. The van der Waals surface area contributed by atoms with Crippen molar-refractivity contribution < 1.29 is 38.1 Å². The lowest BCUT2D eigenvalue weighted by Gasteiger charge is -2.61. The first-order valence-electron chi connectivity index (χ1n) is 11.2. The van der Waals surface area contributed by atoms with Crippen LogP contribution in [0, 0.1) is 23.2 Å². The van der Waals surface area contributed by atoms with Crippen LogP contribution in [-0.4, -0.2) is 46.2 Å². The maximum absolute atomic E-state index is 13.8. The number of carbonyl (C=O) groups excluding carboxylic acids is 3. The Bertz CT molecular complexity index is 1020. The van der Waals surface area contributed by atoms with Crippen molar-refractivity contribution in [3.05, 3.63) is 23.7 Å². The van der Waals surface area contributed by atoms with E-state index in [-0.39, 0.29) is 11.7 Å². The van der Waals surface area contributed by atoms with Gasteiger partial charge in [0.15, 0.2) is 11.7 Å². The second-order valence-electron chi connectivity index (χ2n) is 10.5. The van der Waals surface area contributed by atoms with Crippen molar-refractivity contribution in [3.63, 3.8) is 0 Å². The summed E-state index contributed by atoms with van der Waals surface area (Å²) in [5.41, 5.74) is -3.88. The Hall–Kier alpha value is -2.19. The fraction of sp³-hybridized carbons (Fsp3) is 0.708. The van der Waals surface area contributed by atoms with Gasteiger partial charge in [0.2, 0.25) is 0 Å². The van der Waals surface area contributed by atoms with Crippen LogP contribution < -0.4 is 0 Å². The highest BCUT2D eigenvalue weighted by atomic mass is 16.7. The maximum atomic E-state index is 13.8. The molecule has 0 amide bonds. The Kier molecular flexibility index (Phi) is 4.21. The highest BCUT2D eigenvalue weighted by molar-refractivity contribution is 5.90. The van der Waals surface area contributed by atoms with Crippen molar-refractivity contribution in [1.82, 2.24) is 0 Å². The fourth-order valence-corrected chi connectivity index (χ4v) is 7.44. The van der Waals surface area contributed by atoms with Gasteiger partial charge in [-0.1, -0.05) is 6.92 Å². The molecule has 1 saturated heterocycles. The number of aliphatic hydroxyl groups is 1. The zero-order valence-electron chi connectivity index (χ0n) is 19.3. The average Bonchev–Trinajstić information content (AvgIpc) is 3.06. The van der Waals surface area contributed by atoms with Crippen molar-refractivity contribution in [2.45, 2.75) is 83.4 Å². The molecule has 2 heterocycles. The lowest BCUT2D eigenvalue weighted by molar-refractivity contribution is -0.242. The summed E-state index contributed by atoms with van der Waals surface area (Å²) in [4.78, 5) is 38.2. The van der Waals surface area contributed by atoms with Gasteiger partial charge in [0, 0.05) is 38.2 Å². The Morgan fingerprint density at radius 1 is 1.12 bits per heavy atom. The molecule has 1 spiro atoms. The standard InChI is InChI=1S/C24H30O8/c1-11-9-17(27)21(4)15-10-16-14(7-8-29-16)22(5,28)18(15)19(30-12(2)25)20(31-13(3)26)24(21)23(11,6)32-24/h7-8,11,15,18-20,28H,9-10H2,1-6H3/t11-,15-,18-,19+,20-,21-,22+,23+,24-/m0/s1.